The third kappa shape index (κ3) is 5.44. The molecule has 0 bridgehead atoms. The van der Waals surface area contributed by atoms with Crippen LogP contribution in [-0.4, -0.2) is 54.3 Å². The number of benzene rings is 1. The van der Waals surface area contributed by atoms with Crippen molar-refractivity contribution >= 4 is 17.3 Å². The van der Waals surface area contributed by atoms with Gasteiger partial charge in [0.05, 0.1) is 19.2 Å². The lowest BCUT2D eigenvalue weighted by Crippen LogP contribution is -2.27. The SMILES string of the molecule is CCN(CC)CCOc1ccc(-c2nc(CC(=O)O)cs2)cc1OC. The van der Waals surface area contributed by atoms with Gasteiger partial charge in [0, 0.05) is 17.5 Å². The molecule has 0 aliphatic carbocycles. The van der Waals surface area contributed by atoms with E-state index in [2.05, 4.69) is 23.7 Å². The van der Waals surface area contributed by atoms with Crippen LogP contribution < -0.4 is 9.47 Å². The average molecular weight is 364 g/mol. The monoisotopic (exact) mass is 364 g/mol. The molecule has 0 spiro atoms. The number of likely N-dealkylation sites (N-methyl/N-ethyl adjacent to an activating group) is 1. The van der Waals surface area contributed by atoms with E-state index < -0.39 is 5.97 Å². The first-order chi connectivity index (χ1) is 12.1. The van der Waals surface area contributed by atoms with Gasteiger partial charge in [-0.1, -0.05) is 13.8 Å². The van der Waals surface area contributed by atoms with Gasteiger partial charge in [-0.15, -0.1) is 11.3 Å². The van der Waals surface area contributed by atoms with Crippen LogP contribution in [0.3, 0.4) is 0 Å². The molecule has 25 heavy (non-hydrogen) atoms. The van der Waals surface area contributed by atoms with Crippen LogP contribution in [-0.2, 0) is 11.2 Å². The van der Waals surface area contributed by atoms with E-state index in [0.717, 1.165) is 30.2 Å². The number of nitrogens with zero attached hydrogens (tertiary/aromatic N) is 2. The van der Waals surface area contributed by atoms with E-state index in [4.69, 9.17) is 14.6 Å². The standard InChI is InChI=1S/C18H24N2O4S/c1-4-20(5-2)8-9-24-15-7-6-13(10-16(15)23-3)18-19-14(12-25-18)11-17(21)22/h6-7,10,12H,4-5,8-9,11H2,1-3H3,(H,21,22). The molecule has 2 aromatic rings. The lowest BCUT2D eigenvalue weighted by molar-refractivity contribution is -0.136. The number of carboxylic acids is 1. The van der Waals surface area contributed by atoms with Gasteiger partial charge in [-0.3, -0.25) is 4.79 Å². The van der Waals surface area contributed by atoms with E-state index in [1.54, 1.807) is 12.5 Å². The minimum atomic E-state index is -0.883. The lowest BCUT2D eigenvalue weighted by atomic mass is 10.2. The third-order valence-corrected chi connectivity index (χ3v) is 4.79. The van der Waals surface area contributed by atoms with Crippen LogP contribution in [0.4, 0.5) is 0 Å². The Morgan fingerprint density at radius 3 is 2.68 bits per heavy atom. The summed E-state index contributed by atoms with van der Waals surface area (Å²) in [5, 5.41) is 11.4. The zero-order valence-corrected chi connectivity index (χ0v) is 15.6. The molecule has 7 heteroatoms. The van der Waals surface area contributed by atoms with Crippen LogP contribution in [0.5, 0.6) is 11.5 Å². The van der Waals surface area contributed by atoms with Crippen LogP contribution in [0, 0.1) is 0 Å². The van der Waals surface area contributed by atoms with Crippen LogP contribution in [0.1, 0.15) is 19.5 Å². The van der Waals surface area contributed by atoms with Crippen molar-refractivity contribution in [3.8, 4) is 22.1 Å². The van der Waals surface area contributed by atoms with Gasteiger partial charge >= 0.3 is 5.97 Å². The predicted octanol–water partition coefficient (Wildman–Crippen LogP) is 3.17. The second-order valence-electron chi connectivity index (χ2n) is 5.46. The Kier molecular flexibility index (Phi) is 7.21. The molecule has 1 heterocycles. The van der Waals surface area contributed by atoms with E-state index in [1.165, 1.54) is 11.3 Å². The van der Waals surface area contributed by atoms with Crippen molar-refractivity contribution in [3.05, 3.63) is 29.3 Å². The zero-order valence-electron chi connectivity index (χ0n) is 14.8. The van der Waals surface area contributed by atoms with Gasteiger partial charge < -0.3 is 19.5 Å². The Morgan fingerprint density at radius 2 is 2.04 bits per heavy atom. The first-order valence-corrected chi connectivity index (χ1v) is 9.15. The first-order valence-electron chi connectivity index (χ1n) is 8.27. The Balaban J connectivity index is 2.08. The van der Waals surface area contributed by atoms with Crippen molar-refractivity contribution in [1.82, 2.24) is 9.88 Å². The summed E-state index contributed by atoms with van der Waals surface area (Å²) in [4.78, 5) is 17.4. The molecule has 0 atom stereocenters. The highest BCUT2D eigenvalue weighted by molar-refractivity contribution is 7.13. The predicted molar refractivity (Wildman–Crippen MR) is 98.7 cm³/mol. The molecule has 0 saturated carbocycles. The highest BCUT2D eigenvalue weighted by Crippen LogP contribution is 2.33. The number of hydrogen-bond donors (Lipinski definition) is 1. The molecule has 136 valence electrons. The number of thiazole rings is 1. The number of hydrogen-bond acceptors (Lipinski definition) is 6. The second kappa shape index (κ2) is 9.39. The molecule has 0 fully saturated rings. The number of aromatic nitrogens is 1. The van der Waals surface area contributed by atoms with Crippen LogP contribution in [0.15, 0.2) is 23.6 Å². The van der Waals surface area contributed by atoms with Crippen molar-refractivity contribution in [1.29, 1.82) is 0 Å². The zero-order chi connectivity index (χ0) is 18.2. The van der Waals surface area contributed by atoms with Crippen molar-refractivity contribution in [2.45, 2.75) is 20.3 Å². The highest BCUT2D eigenvalue weighted by atomic mass is 32.1. The molecule has 0 radical (unpaired) electrons. The largest absolute Gasteiger partial charge is 0.493 e. The summed E-state index contributed by atoms with van der Waals surface area (Å²) in [6, 6.07) is 5.66. The van der Waals surface area contributed by atoms with Gasteiger partial charge in [0.2, 0.25) is 0 Å². The summed E-state index contributed by atoms with van der Waals surface area (Å²) in [7, 11) is 1.61. The Labute approximate surface area is 152 Å². The molecule has 0 amide bonds. The smallest absolute Gasteiger partial charge is 0.309 e. The van der Waals surface area contributed by atoms with Gasteiger partial charge in [0.25, 0.3) is 0 Å². The summed E-state index contributed by atoms with van der Waals surface area (Å²) in [6.45, 7) is 7.72. The first kappa shape index (κ1) is 19.2. The number of carbonyl (C=O) groups is 1. The molecule has 1 N–H and O–H groups in total. The van der Waals surface area contributed by atoms with Crippen LogP contribution in [0.2, 0.25) is 0 Å². The van der Waals surface area contributed by atoms with Gasteiger partial charge in [-0.05, 0) is 31.3 Å². The Morgan fingerprint density at radius 1 is 1.28 bits per heavy atom. The lowest BCUT2D eigenvalue weighted by Gasteiger charge is -2.18. The van der Waals surface area contributed by atoms with Gasteiger partial charge in [-0.2, -0.15) is 0 Å². The average Bonchev–Trinajstić information content (AvgIpc) is 3.06. The van der Waals surface area contributed by atoms with E-state index in [0.29, 0.717) is 23.8 Å². The molecular formula is C18H24N2O4S. The summed E-state index contributed by atoms with van der Waals surface area (Å²) >= 11 is 1.42. The molecule has 0 saturated heterocycles. The summed E-state index contributed by atoms with van der Waals surface area (Å²) in [5.41, 5.74) is 1.44. The number of methoxy groups -OCH3 is 1. The highest BCUT2D eigenvalue weighted by Gasteiger charge is 2.12. The fraction of sp³-hybridized carbons (Fsp3) is 0.444. The summed E-state index contributed by atoms with van der Waals surface area (Å²) in [6.07, 6.45) is -0.0693. The van der Waals surface area contributed by atoms with E-state index >= 15 is 0 Å². The molecule has 1 aromatic heterocycles. The fourth-order valence-corrected chi connectivity index (χ4v) is 3.24. The molecule has 0 aliphatic heterocycles. The second-order valence-corrected chi connectivity index (χ2v) is 6.31. The minimum absolute atomic E-state index is 0.0693. The number of carboxylic acid groups (broad SMARTS) is 1. The quantitative estimate of drug-likeness (QED) is 0.698. The fourth-order valence-electron chi connectivity index (χ4n) is 2.42. The molecule has 2 rings (SSSR count). The van der Waals surface area contributed by atoms with Crippen molar-refractivity contribution < 1.29 is 19.4 Å². The van der Waals surface area contributed by atoms with E-state index in [9.17, 15) is 4.79 Å². The van der Waals surface area contributed by atoms with Gasteiger partial charge in [-0.25, -0.2) is 4.98 Å². The van der Waals surface area contributed by atoms with Crippen LogP contribution in [0.25, 0.3) is 10.6 Å². The number of rotatable bonds is 10. The molecular weight excluding hydrogens is 340 g/mol. The van der Waals surface area contributed by atoms with Gasteiger partial charge in [0.1, 0.15) is 11.6 Å². The minimum Gasteiger partial charge on any atom is -0.493 e. The normalized spacial score (nSPS) is 10.9. The molecule has 1 aromatic carbocycles. The molecule has 0 aliphatic rings. The van der Waals surface area contributed by atoms with Gasteiger partial charge in [0.15, 0.2) is 11.5 Å². The molecule has 0 unspecified atom stereocenters. The van der Waals surface area contributed by atoms with Crippen molar-refractivity contribution in [2.75, 3.05) is 33.4 Å². The number of ether oxygens (including phenoxy) is 2. The Hall–Kier alpha value is -2.12. The number of aliphatic carboxylic acids is 1. The maximum absolute atomic E-state index is 10.8. The van der Waals surface area contributed by atoms with E-state index in [-0.39, 0.29) is 6.42 Å². The summed E-state index contributed by atoms with van der Waals surface area (Å²) in [5.74, 6) is 0.458. The van der Waals surface area contributed by atoms with Crippen molar-refractivity contribution in [3.63, 3.8) is 0 Å². The third-order valence-electron chi connectivity index (χ3n) is 3.85. The van der Waals surface area contributed by atoms with Crippen molar-refractivity contribution in [2.24, 2.45) is 0 Å². The summed E-state index contributed by atoms with van der Waals surface area (Å²) < 4.78 is 11.3. The maximum Gasteiger partial charge on any atom is 0.309 e. The Bertz CT molecular complexity index is 698. The topological polar surface area (TPSA) is 71.9 Å². The van der Waals surface area contributed by atoms with E-state index in [1.807, 2.05) is 18.2 Å². The molecule has 6 nitrogen and oxygen atoms in total. The van der Waals surface area contributed by atoms with Crippen LogP contribution >= 0.6 is 11.3 Å². The maximum atomic E-state index is 10.8.